The molecule has 0 spiro atoms. The van der Waals surface area contributed by atoms with Gasteiger partial charge in [0.05, 0.1) is 6.54 Å². The van der Waals surface area contributed by atoms with Crippen LogP contribution >= 0.6 is 0 Å². The summed E-state index contributed by atoms with van der Waals surface area (Å²) in [6.07, 6.45) is 0.856. The fourth-order valence-corrected chi connectivity index (χ4v) is 1.96. The van der Waals surface area contributed by atoms with Gasteiger partial charge in [-0.05, 0) is 30.7 Å². The van der Waals surface area contributed by atoms with Crippen molar-refractivity contribution in [3.63, 3.8) is 0 Å². The summed E-state index contributed by atoms with van der Waals surface area (Å²) in [5.74, 6) is -0.328. The summed E-state index contributed by atoms with van der Waals surface area (Å²) < 4.78 is 5.49. The van der Waals surface area contributed by atoms with Gasteiger partial charge in [0.25, 0.3) is 5.91 Å². The third-order valence-corrected chi connectivity index (χ3v) is 3.05. The molecule has 6 nitrogen and oxygen atoms in total. The van der Waals surface area contributed by atoms with Gasteiger partial charge in [-0.1, -0.05) is 6.92 Å². The Morgan fingerprint density at radius 2 is 2.10 bits per heavy atom. The fourth-order valence-electron chi connectivity index (χ4n) is 1.96. The maximum atomic E-state index is 12.2. The summed E-state index contributed by atoms with van der Waals surface area (Å²) in [5, 5.41) is 3.49. The van der Waals surface area contributed by atoms with Gasteiger partial charge >= 0.3 is 0 Å². The van der Waals surface area contributed by atoms with Crippen molar-refractivity contribution in [1.29, 1.82) is 0 Å². The molecule has 0 radical (unpaired) electrons. The van der Waals surface area contributed by atoms with E-state index in [-0.39, 0.29) is 24.1 Å². The standard InChI is InChI=1S/C15H19N3O3/c1-3-6-17-14(19)9-18(2)15(20)13-8-10-7-11(16)4-5-12(10)21-13/h4-5,7-8H,3,6,9,16H2,1-2H3,(H,17,19). The van der Waals surface area contributed by atoms with E-state index >= 15 is 0 Å². The number of benzene rings is 1. The van der Waals surface area contributed by atoms with Crippen LogP contribution in [0.1, 0.15) is 23.9 Å². The average Bonchev–Trinajstić information content (AvgIpc) is 2.86. The average molecular weight is 289 g/mol. The largest absolute Gasteiger partial charge is 0.451 e. The molecule has 0 saturated heterocycles. The summed E-state index contributed by atoms with van der Waals surface area (Å²) in [7, 11) is 1.56. The highest BCUT2D eigenvalue weighted by Crippen LogP contribution is 2.22. The lowest BCUT2D eigenvalue weighted by Gasteiger charge is -2.15. The van der Waals surface area contributed by atoms with Gasteiger partial charge < -0.3 is 20.4 Å². The van der Waals surface area contributed by atoms with Crippen molar-refractivity contribution in [2.45, 2.75) is 13.3 Å². The van der Waals surface area contributed by atoms with E-state index < -0.39 is 0 Å². The highest BCUT2D eigenvalue weighted by atomic mass is 16.3. The second-order valence-electron chi connectivity index (χ2n) is 4.92. The molecule has 2 aromatic rings. The zero-order valence-corrected chi connectivity index (χ0v) is 12.2. The van der Waals surface area contributed by atoms with E-state index in [1.165, 1.54) is 4.90 Å². The molecule has 3 N–H and O–H groups in total. The number of carbonyl (C=O) groups is 2. The van der Waals surface area contributed by atoms with E-state index in [0.717, 1.165) is 11.8 Å². The summed E-state index contributed by atoms with van der Waals surface area (Å²) in [4.78, 5) is 25.2. The Kier molecular flexibility index (Phi) is 4.47. The molecule has 0 aliphatic carbocycles. The van der Waals surface area contributed by atoms with Gasteiger partial charge in [0.2, 0.25) is 5.91 Å². The lowest BCUT2D eigenvalue weighted by Crippen LogP contribution is -2.38. The van der Waals surface area contributed by atoms with E-state index in [0.29, 0.717) is 17.8 Å². The molecule has 0 atom stereocenters. The van der Waals surface area contributed by atoms with Crippen LogP contribution in [0, 0.1) is 0 Å². The Balaban J connectivity index is 2.08. The molecule has 0 fully saturated rings. The third-order valence-electron chi connectivity index (χ3n) is 3.05. The van der Waals surface area contributed by atoms with Crippen LogP contribution in [0.3, 0.4) is 0 Å². The van der Waals surface area contributed by atoms with Gasteiger partial charge in [0.1, 0.15) is 5.58 Å². The van der Waals surface area contributed by atoms with Crippen molar-refractivity contribution < 1.29 is 14.0 Å². The normalized spacial score (nSPS) is 10.6. The maximum absolute atomic E-state index is 12.2. The first-order valence-corrected chi connectivity index (χ1v) is 6.82. The van der Waals surface area contributed by atoms with Gasteiger partial charge in [-0.2, -0.15) is 0 Å². The Hall–Kier alpha value is -2.50. The second-order valence-corrected chi connectivity index (χ2v) is 4.92. The zero-order chi connectivity index (χ0) is 15.4. The Morgan fingerprint density at radius 3 is 2.81 bits per heavy atom. The first kappa shape index (κ1) is 14.9. The molecule has 0 unspecified atom stereocenters. The minimum atomic E-state index is -0.337. The van der Waals surface area contributed by atoms with Crippen molar-refractivity contribution in [1.82, 2.24) is 10.2 Å². The smallest absolute Gasteiger partial charge is 0.289 e. The number of amides is 2. The van der Waals surface area contributed by atoms with Crippen molar-refractivity contribution in [2.24, 2.45) is 0 Å². The minimum absolute atomic E-state index is 0.00197. The summed E-state index contributed by atoms with van der Waals surface area (Å²) in [6.45, 7) is 2.57. The topological polar surface area (TPSA) is 88.6 Å². The number of nitrogens with zero attached hydrogens (tertiary/aromatic N) is 1. The Morgan fingerprint density at radius 1 is 1.33 bits per heavy atom. The highest BCUT2D eigenvalue weighted by molar-refractivity contribution is 5.98. The van der Waals surface area contributed by atoms with Crippen molar-refractivity contribution in [2.75, 3.05) is 25.9 Å². The number of fused-ring (bicyclic) bond motifs is 1. The number of furan rings is 1. The molecule has 1 aromatic heterocycles. The number of rotatable bonds is 5. The van der Waals surface area contributed by atoms with E-state index in [9.17, 15) is 9.59 Å². The van der Waals surface area contributed by atoms with Gasteiger partial charge in [-0.15, -0.1) is 0 Å². The number of nitrogens with two attached hydrogens (primary N) is 1. The molecule has 6 heteroatoms. The molecule has 1 aromatic carbocycles. The van der Waals surface area contributed by atoms with Crippen LogP contribution in [0.5, 0.6) is 0 Å². The fraction of sp³-hybridized carbons (Fsp3) is 0.333. The lowest BCUT2D eigenvalue weighted by molar-refractivity contribution is -0.121. The van der Waals surface area contributed by atoms with Crippen molar-refractivity contribution in [3.05, 3.63) is 30.0 Å². The van der Waals surface area contributed by atoms with Crippen LogP contribution in [-0.2, 0) is 4.79 Å². The zero-order valence-electron chi connectivity index (χ0n) is 12.2. The second kappa shape index (κ2) is 6.30. The highest BCUT2D eigenvalue weighted by Gasteiger charge is 2.18. The quantitative estimate of drug-likeness (QED) is 0.818. The number of likely N-dealkylation sites (N-methyl/N-ethyl adjacent to an activating group) is 1. The van der Waals surface area contributed by atoms with Gasteiger partial charge in [0.15, 0.2) is 5.76 Å². The predicted octanol–water partition coefficient (Wildman–Crippen LogP) is 1.61. The molecule has 1 heterocycles. The third kappa shape index (κ3) is 3.53. The Labute approximate surface area is 122 Å². The lowest BCUT2D eigenvalue weighted by atomic mass is 10.2. The van der Waals surface area contributed by atoms with Crippen LogP contribution in [0.4, 0.5) is 5.69 Å². The maximum Gasteiger partial charge on any atom is 0.289 e. The van der Waals surface area contributed by atoms with E-state index in [1.54, 1.807) is 31.3 Å². The Bertz CT molecular complexity index is 663. The molecule has 0 bridgehead atoms. The number of hydrogen-bond donors (Lipinski definition) is 2. The van der Waals surface area contributed by atoms with E-state index in [2.05, 4.69) is 5.32 Å². The van der Waals surface area contributed by atoms with Crippen LogP contribution < -0.4 is 11.1 Å². The van der Waals surface area contributed by atoms with Crippen LogP contribution in [0.2, 0.25) is 0 Å². The van der Waals surface area contributed by atoms with Crippen LogP contribution in [0.25, 0.3) is 11.0 Å². The number of nitrogen functional groups attached to an aromatic ring is 1. The molecule has 21 heavy (non-hydrogen) atoms. The SMILES string of the molecule is CCCNC(=O)CN(C)C(=O)c1cc2cc(N)ccc2o1. The van der Waals surface area contributed by atoms with Crippen molar-refractivity contribution in [3.8, 4) is 0 Å². The molecule has 2 rings (SSSR count). The number of anilines is 1. The van der Waals surface area contributed by atoms with Crippen LogP contribution in [0.15, 0.2) is 28.7 Å². The van der Waals surface area contributed by atoms with Crippen molar-refractivity contribution >= 4 is 28.5 Å². The summed E-state index contributed by atoms with van der Waals surface area (Å²) in [5.41, 5.74) is 6.89. The predicted molar refractivity (Wildman–Crippen MR) is 80.9 cm³/mol. The first-order chi connectivity index (χ1) is 10.0. The van der Waals surface area contributed by atoms with Gasteiger partial charge in [-0.3, -0.25) is 9.59 Å². The summed E-state index contributed by atoms with van der Waals surface area (Å²) in [6, 6.07) is 6.80. The van der Waals surface area contributed by atoms with E-state index in [1.807, 2.05) is 6.92 Å². The number of carbonyl (C=O) groups excluding carboxylic acids is 2. The molecule has 0 saturated carbocycles. The van der Waals surface area contributed by atoms with E-state index in [4.69, 9.17) is 10.2 Å². The monoisotopic (exact) mass is 289 g/mol. The first-order valence-electron chi connectivity index (χ1n) is 6.82. The molecule has 0 aliphatic heterocycles. The minimum Gasteiger partial charge on any atom is -0.451 e. The molecule has 0 aliphatic rings. The van der Waals surface area contributed by atoms with Gasteiger partial charge in [0, 0.05) is 24.7 Å². The number of nitrogens with one attached hydrogen (secondary N) is 1. The molecule has 112 valence electrons. The molecule has 2 amide bonds. The molecular formula is C15H19N3O3. The number of hydrogen-bond acceptors (Lipinski definition) is 4. The molecular weight excluding hydrogens is 270 g/mol. The summed E-state index contributed by atoms with van der Waals surface area (Å²) >= 11 is 0. The van der Waals surface area contributed by atoms with Crippen LogP contribution in [-0.4, -0.2) is 36.9 Å². The van der Waals surface area contributed by atoms with Gasteiger partial charge in [-0.25, -0.2) is 0 Å².